The van der Waals surface area contributed by atoms with Gasteiger partial charge < -0.3 is 10.6 Å². The number of nitrogens with zero attached hydrogens (tertiary/aromatic N) is 3. The number of urea groups is 1. The van der Waals surface area contributed by atoms with Gasteiger partial charge in [0.1, 0.15) is 11.6 Å². The molecule has 0 radical (unpaired) electrons. The number of hydrogen-bond donors (Lipinski definition) is 2. The Morgan fingerprint density at radius 1 is 1.07 bits per heavy atom. The number of benzene rings is 1. The minimum atomic E-state index is -3.73. The molecule has 0 fully saturated rings. The van der Waals surface area contributed by atoms with Crippen LogP contribution in [-0.4, -0.2) is 29.4 Å². The van der Waals surface area contributed by atoms with Crippen LogP contribution < -0.4 is 10.6 Å². The Bertz CT molecular complexity index is 1070. The maximum atomic E-state index is 12.9. The van der Waals surface area contributed by atoms with E-state index in [4.69, 9.17) is 0 Å². The maximum absolute atomic E-state index is 12.9. The minimum Gasteiger partial charge on any atom is -0.334 e. The Hall–Kier alpha value is -3.59. The van der Waals surface area contributed by atoms with Crippen molar-refractivity contribution >= 4 is 21.6 Å². The molecule has 148 valence electrons. The van der Waals surface area contributed by atoms with Crippen LogP contribution in [0.5, 0.6) is 0 Å². The molecule has 0 aliphatic heterocycles. The first kappa shape index (κ1) is 20.2. The van der Waals surface area contributed by atoms with Gasteiger partial charge in [-0.15, -0.1) is 6.58 Å². The molecule has 1 atom stereocenters. The van der Waals surface area contributed by atoms with Gasteiger partial charge in [-0.3, -0.25) is 4.98 Å². The number of sulfone groups is 1. The lowest BCUT2D eigenvalue weighted by Crippen LogP contribution is -2.28. The van der Waals surface area contributed by atoms with Crippen molar-refractivity contribution in [2.45, 2.75) is 16.7 Å². The van der Waals surface area contributed by atoms with E-state index in [1.807, 2.05) is 6.07 Å². The molecular formula is C20H19N5O3S. The van der Waals surface area contributed by atoms with Gasteiger partial charge in [0.2, 0.25) is 0 Å². The highest BCUT2D eigenvalue weighted by molar-refractivity contribution is 7.91. The van der Waals surface area contributed by atoms with E-state index >= 15 is 0 Å². The molecule has 3 rings (SSSR count). The first-order valence-corrected chi connectivity index (χ1v) is 10.2. The molecule has 3 aromatic rings. The highest BCUT2D eigenvalue weighted by Crippen LogP contribution is 2.29. The van der Waals surface area contributed by atoms with Crippen molar-refractivity contribution in [3.05, 3.63) is 91.3 Å². The summed E-state index contributed by atoms with van der Waals surface area (Å²) in [6.45, 7) is 3.95. The summed E-state index contributed by atoms with van der Waals surface area (Å²) in [5.41, 5.74) is 1.76. The number of carbonyl (C=O) groups is 1. The van der Waals surface area contributed by atoms with Gasteiger partial charge in [-0.2, -0.15) is 0 Å². The molecule has 0 aliphatic carbocycles. The van der Waals surface area contributed by atoms with Crippen molar-refractivity contribution in [2.75, 3.05) is 5.32 Å². The van der Waals surface area contributed by atoms with Gasteiger partial charge in [0.25, 0.3) is 0 Å². The van der Waals surface area contributed by atoms with Gasteiger partial charge in [-0.05, 0) is 35.9 Å². The first-order valence-electron chi connectivity index (χ1n) is 8.66. The SMILES string of the molecule is C=CC(c1cncnc1)S(=O)(=O)c1ccc(NC(=O)NCc2cccnc2)cc1. The van der Waals surface area contributed by atoms with E-state index in [1.165, 1.54) is 49.1 Å². The van der Waals surface area contributed by atoms with Gasteiger partial charge in [0.05, 0.1) is 4.90 Å². The third-order valence-corrected chi connectivity index (χ3v) is 6.14. The number of anilines is 1. The van der Waals surface area contributed by atoms with Crippen molar-refractivity contribution < 1.29 is 13.2 Å². The summed E-state index contributed by atoms with van der Waals surface area (Å²) < 4.78 is 25.8. The number of aromatic nitrogens is 3. The van der Waals surface area contributed by atoms with Crippen molar-refractivity contribution in [1.29, 1.82) is 0 Å². The standard InChI is InChI=1S/C20H19N5O3S/c1-2-19(16-12-22-14-23-13-16)29(27,28)18-7-5-17(6-8-18)25-20(26)24-11-15-4-3-9-21-10-15/h2-10,12-14,19H,1,11H2,(H2,24,25,26). The summed E-state index contributed by atoms with van der Waals surface area (Å²) in [6, 6.07) is 9.15. The molecule has 8 nitrogen and oxygen atoms in total. The zero-order chi connectivity index (χ0) is 20.7. The lowest BCUT2D eigenvalue weighted by atomic mass is 10.2. The van der Waals surface area contributed by atoms with E-state index in [-0.39, 0.29) is 4.90 Å². The number of carbonyl (C=O) groups excluding carboxylic acids is 1. The molecule has 9 heteroatoms. The average Bonchev–Trinajstić information content (AvgIpc) is 2.74. The molecule has 0 saturated carbocycles. The van der Waals surface area contributed by atoms with Crippen LogP contribution >= 0.6 is 0 Å². The van der Waals surface area contributed by atoms with Crippen LogP contribution in [0.4, 0.5) is 10.5 Å². The predicted molar refractivity (Wildman–Crippen MR) is 109 cm³/mol. The lowest BCUT2D eigenvalue weighted by molar-refractivity contribution is 0.251. The molecule has 0 saturated heterocycles. The summed E-state index contributed by atoms with van der Waals surface area (Å²) in [6.07, 6.45) is 8.87. The monoisotopic (exact) mass is 409 g/mol. The quantitative estimate of drug-likeness (QED) is 0.580. The largest absolute Gasteiger partial charge is 0.334 e. The Morgan fingerprint density at radius 2 is 1.79 bits per heavy atom. The highest BCUT2D eigenvalue weighted by atomic mass is 32.2. The third-order valence-electron chi connectivity index (χ3n) is 4.07. The van der Waals surface area contributed by atoms with E-state index in [0.29, 0.717) is 17.8 Å². The second-order valence-electron chi connectivity index (χ2n) is 6.07. The Kier molecular flexibility index (Phi) is 6.30. The van der Waals surface area contributed by atoms with Gasteiger partial charge in [0, 0.05) is 42.6 Å². The summed E-state index contributed by atoms with van der Waals surface area (Å²) in [5, 5.41) is 4.40. The van der Waals surface area contributed by atoms with E-state index < -0.39 is 21.1 Å². The molecule has 2 N–H and O–H groups in total. The molecule has 2 aromatic heterocycles. The summed E-state index contributed by atoms with van der Waals surface area (Å²) in [5.74, 6) is 0. The van der Waals surface area contributed by atoms with E-state index in [2.05, 4.69) is 32.2 Å². The van der Waals surface area contributed by atoms with Crippen molar-refractivity contribution in [1.82, 2.24) is 20.3 Å². The van der Waals surface area contributed by atoms with Crippen LogP contribution in [0.1, 0.15) is 16.4 Å². The summed E-state index contributed by atoms with van der Waals surface area (Å²) >= 11 is 0. The maximum Gasteiger partial charge on any atom is 0.319 e. The highest BCUT2D eigenvalue weighted by Gasteiger charge is 2.27. The number of rotatable bonds is 7. The fourth-order valence-corrected chi connectivity index (χ4v) is 4.18. The average molecular weight is 409 g/mol. The van der Waals surface area contributed by atoms with Crippen LogP contribution in [0.15, 0.2) is 85.1 Å². The fourth-order valence-electron chi connectivity index (χ4n) is 2.63. The summed E-state index contributed by atoms with van der Waals surface area (Å²) in [4.78, 5) is 23.8. The second-order valence-corrected chi connectivity index (χ2v) is 8.14. The Labute approximate surface area is 168 Å². The lowest BCUT2D eigenvalue weighted by Gasteiger charge is -2.14. The van der Waals surface area contributed by atoms with Gasteiger partial charge in [-0.25, -0.2) is 23.2 Å². The molecule has 0 aliphatic rings. The van der Waals surface area contributed by atoms with Gasteiger partial charge in [0.15, 0.2) is 9.84 Å². The normalized spacial score (nSPS) is 12.0. The van der Waals surface area contributed by atoms with Crippen molar-refractivity contribution in [2.24, 2.45) is 0 Å². The molecule has 2 amide bonds. The second kappa shape index (κ2) is 9.07. The van der Waals surface area contributed by atoms with E-state index in [0.717, 1.165) is 5.56 Å². The minimum absolute atomic E-state index is 0.104. The number of amides is 2. The van der Waals surface area contributed by atoms with Crippen molar-refractivity contribution in [3.63, 3.8) is 0 Å². The number of hydrogen-bond acceptors (Lipinski definition) is 6. The molecule has 1 aromatic carbocycles. The van der Waals surface area contributed by atoms with Crippen LogP contribution in [0, 0.1) is 0 Å². The molecular weight excluding hydrogens is 390 g/mol. The van der Waals surface area contributed by atoms with Crippen molar-refractivity contribution in [3.8, 4) is 0 Å². The smallest absolute Gasteiger partial charge is 0.319 e. The molecule has 1 unspecified atom stereocenters. The van der Waals surface area contributed by atoms with Gasteiger partial charge >= 0.3 is 6.03 Å². The van der Waals surface area contributed by atoms with Gasteiger partial charge in [-0.1, -0.05) is 12.1 Å². The Balaban J connectivity index is 1.67. The van der Waals surface area contributed by atoms with E-state index in [9.17, 15) is 13.2 Å². The molecule has 0 bridgehead atoms. The molecule has 2 heterocycles. The van der Waals surface area contributed by atoms with Crippen LogP contribution in [0.2, 0.25) is 0 Å². The van der Waals surface area contributed by atoms with Crippen LogP contribution in [-0.2, 0) is 16.4 Å². The number of pyridine rings is 1. The van der Waals surface area contributed by atoms with E-state index in [1.54, 1.807) is 18.5 Å². The van der Waals surface area contributed by atoms with Crippen LogP contribution in [0.25, 0.3) is 0 Å². The molecule has 29 heavy (non-hydrogen) atoms. The molecule has 0 spiro atoms. The number of nitrogens with one attached hydrogen (secondary N) is 2. The fraction of sp³-hybridized carbons (Fsp3) is 0.100. The zero-order valence-electron chi connectivity index (χ0n) is 15.4. The topological polar surface area (TPSA) is 114 Å². The third kappa shape index (κ3) is 5.02. The zero-order valence-corrected chi connectivity index (χ0v) is 16.2. The summed E-state index contributed by atoms with van der Waals surface area (Å²) in [7, 11) is -3.73. The Morgan fingerprint density at radius 3 is 2.41 bits per heavy atom. The first-order chi connectivity index (χ1) is 14.0. The predicted octanol–water partition coefficient (Wildman–Crippen LogP) is 2.89. The van der Waals surface area contributed by atoms with Crippen LogP contribution in [0.3, 0.4) is 0 Å².